The lowest BCUT2D eigenvalue weighted by Crippen LogP contribution is -2.05. The molecule has 0 aromatic heterocycles. The molecular formula is C16H17FO2. The van der Waals surface area contributed by atoms with Crippen LogP contribution in [-0.4, -0.2) is 12.2 Å². The van der Waals surface area contributed by atoms with Gasteiger partial charge in [0.05, 0.1) is 13.2 Å². The van der Waals surface area contributed by atoms with E-state index in [0.717, 1.165) is 11.1 Å². The normalized spacial score (nSPS) is 12.2. The third-order valence-electron chi connectivity index (χ3n) is 3.06. The van der Waals surface area contributed by atoms with Crippen molar-refractivity contribution in [2.45, 2.75) is 19.4 Å². The van der Waals surface area contributed by atoms with Gasteiger partial charge < -0.3 is 9.84 Å². The van der Waals surface area contributed by atoms with Crippen molar-refractivity contribution in [1.82, 2.24) is 0 Å². The van der Waals surface area contributed by atoms with Gasteiger partial charge in [0.1, 0.15) is 11.6 Å². The fourth-order valence-corrected chi connectivity index (χ4v) is 2.14. The topological polar surface area (TPSA) is 29.5 Å². The highest BCUT2D eigenvalue weighted by molar-refractivity contribution is 5.37. The van der Waals surface area contributed by atoms with Gasteiger partial charge in [0.25, 0.3) is 0 Å². The van der Waals surface area contributed by atoms with Gasteiger partial charge in [0.15, 0.2) is 0 Å². The summed E-state index contributed by atoms with van der Waals surface area (Å²) in [5, 5.41) is 10.3. The summed E-state index contributed by atoms with van der Waals surface area (Å²) in [5.41, 5.74) is 2.62. The summed E-state index contributed by atoms with van der Waals surface area (Å²) in [5.74, 6) is 0.126. The Kier molecular flexibility index (Phi) is 4.17. The van der Waals surface area contributed by atoms with Crippen LogP contribution in [0.3, 0.4) is 0 Å². The molecule has 0 aliphatic heterocycles. The summed E-state index contributed by atoms with van der Waals surface area (Å²) >= 11 is 0. The molecule has 0 aliphatic carbocycles. The van der Waals surface area contributed by atoms with Gasteiger partial charge in [-0.15, -0.1) is 0 Å². The molecule has 0 radical (unpaired) electrons. The molecule has 2 rings (SSSR count). The largest absolute Gasteiger partial charge is 0.496 e. The predicted octanol–water partition coefficient (Wildman–Crippen LogP) is 3.42. The number of aryl methyl sites for hydroxylation is 1. The number of aliphatic hydroxyl groups is 1. The molecule has 1 unspecified atom stereocenters. The van der Waals surface area contributed by atoms with Crippen LogP contribution in [0.5, 0.6) is 5.75 Å². The van der Waals surface area contributed by atoms with Gasteiger partial charge in [-0.2, -0.15) is 0 Å². The number of benzene rings is 2. The Morgan fingerprint density at radius 1 is 1.21 bits per heavy atom. The molecule has 0 aliphatic rings. The minimum Gasteiger partial charge on any atom is -0.496 e. The average molecular weight is 260 g/mol. The van der Waals surface area contributed by atoms with E-state index in [-0.39, 0.29) is 5.82 Å². The van der Waals surface area contributed by atoms with Crippen LogP contribution in [0.2, 0.25) is 0 Å². The first kappa shape index (κ1) is 13.6. The number of aliphatic hydroxyl groups excluding tert-OH is 1. The summed E-state index contributed by atoms with van der Waals surface area (Å²) < 4.78 is 18.4. The second kappa shape index (κ2) is 5.85. The van der Waals surface area contributed by atoms with Crippen molar-refractivity contribution in [2.75, 3.05) is 7.11 Å². The fourth-order valence-electron chi connectivity index (χ4n) is 2.14. The molecule has 19 heavy (non-hydrogen) atoms. The molecule has 0 saturated heterocycles. The van der Waals surface area contributed by atoms with Gasteiger partial charge in [-0.1, -0.05) is 29.8 Å². The van der Waals surface area contributed by atoms with E-state index in [9.17, 15) is 9.50 Å². The van der Waals surface area contributed by atoms with Gasteiger partial charge >= 0.3 is 0 Å². The Labute approximate surface area is 112 Å². The smallest absolute Gasteiger partial charge is 0.124 e. The highest BCUT2D eigenvalue weighted by Crippen LogP contribution is 2.28. The Hall–Kier alpha value is -1.87. The summed E-state index contributed by atoms with van der Waals surface area (Å²) in [6, 6.07) is 12.1. The summed E-state index contributed by atoms with van der Waals surface area (Å²) in [7, 11) is 1.51. The fraction of sp³-hybridized carbons (Fsp3) is 0.250. The van der Waals surface area contributed by atoms with Gasteiger partial charge in [-0.3, -0.25) is 0 Å². The van der Waals surface area contributed by atoms with Gasteiger partial charge in [-0.25, -0.2) is 4.39 Å². The quantitative estimate of drug-likeness (QED) is 0.912. The zero-order valence-corrected chi connectivity index (χ0v) is 11.1. The van der Waals surface area contributed by atoms with Gasteiger partial charge in [0.2, 0.25) is 0 Å². The van der Waals surface area contributed by atoms with Crippen LogP contribution in [0, 0.1) is 12.7 Å². The van der Waals surface area contributed by atoms with Crippen molar-refractivity contribution in [3.05, 3.63) is 65.0 Å². The Morgan fingerprint density at radius 2 is 2.00 bits per heavy atom. The number of ether oxygens (including phenoxy) is 1. The van der Waals surface area contributed by atoms with Crippen molar-refractivity contribution >= 4 is 0 Å². The predicted molar refractivity (Wildman–Crippen MR) is 72.8 cm³/mol. The first-order valence-electron chi connectivity index (χ1n) is 6.17. The van der Waals surface area contributed by atoms with Crippen molar-refractivity contribution < 1.29 is 14.2 Å². The Balaban J connectivity index is 2.24. The van der Waals surface area contributed by atoms with Crippen LogP contribution in [0.1, 0.15) is 22.8 Å². The van der Waals surface area contributed by atoms with Gasteiger partial charge in [0, 0.05) is 12.0 Å². The van der Waals surface area contributed by atoms with Crippen molar-refractivity contribution in [1.29, 1.82) is 0 Å². The minimum atomic E-state index is -0.785. The summed E-state index contributed by atoms with van der Waals surface area (Å²) in [6.07, 6.45) is -0.353. The number of hydrogen-bond acceptors (Lipinski definition) is 2. The monoisotopic (exact) mass is 260 g/mol. The molecule has 2 aromatic rings. The van der Waals surface area contributed by atoms with E-state index in [4.69, 9.17) is 4.74 Å². The van der Waals surface area contributed by atoms with Crippen LogP contribution in [-0.2, 0) is 6.42 Å². The Morgan fingerprint density at radius 3 is 2.68 bits per heavy atom. The van der Waals surface area contributed by atoms with Crippen LogP contribution >= 0.6 is 0 Å². The number of halogens is 1. The van der Waals surface area contributed by atoms with E-state index in [1.165, 1.54) is 25.3 Å². The standard InChI is InChI=1S/C16H17FO2/c1-11-4-3-5-12(8-11)9-15(18)14-10-13(17)6-7-16(14)19-2/h3-8,10,15,18H,9H2,1-2H3. The number of methoxy groups -OCH3 is 1. The van der Waals surface area contributed by atoms with E-state index >= 15 is 0 Å². The van der Waals surface area contributed by atoms with Crippen LogP contribution in [0.4, 0.5) is 4.39 Å². The highest BCUT2D eigenvalue weighted by atomic mass is 19.1. The van der Waals surface area contributed by atoms with Crippen molar-refractivity contribution in [2.24, 2.45) is 0 Å². The third-order valence-corrected chi connectivity index (χ3v) is 3.06. The molecule has 2 aromatic carbocycles. The number of hydrogen-bond donors (Lipinski definition) is 1. The third kappa shape index (κ3) is 3.32. The SMILES string of the molecule is COc1ccc(F)cc1C(O)Cc1cccc(C)c1. The van der Waals surface area contributed by atoms with Crippen LogP contribution < -0.4 is 4.74 Å². The molecule has 1 N–H and O–H groups in total. The molecule has 0 saturated carbocycles. The van der Waals surface area contributed by atoms with E-state index < -0.39 is 6.10 Å². The second-order valence-corrected chi connectivity index (χ2v) is 4.60. The van der Waals surface area contributed by atoms with E-state index in [1.807, 2.05) is 31.2 Å². The first-order valence-corrected chi connectivity index (χ1v) is 6.17. The molecule has 0 fully saturated rings. The molecule has 2 nitrogen and oxygen atoms in total. The maximum absolute atomic E-state index is 13.3. The molecule has 0 bridgehead atoms. The molecule has 1 atom stereocenters. The van der Waals surface area contributed by atoms with E-state index in [1.54, 1.807) is 0 Å². The number of rotatable bonds is 4. The molecule has 0 spiro atoms. The lowest BCUT2D eigenvalue weighted by atomic mass is 9.99. The minimum absolute atomic E-state index is 0.376. The van der Waals surface area contributed by atoms with Gasteiger partial charge in [-0.05, 0) is 30.7 Å². The van der Waals surface area contributed by atoms with Crippen molar-refractivity contribution in [3.8, 4) is 5.75 Å². The van der Waals surface area contributed by atoms with Crippen LogP contribution in [0.25, 0.3) is 0 Å². The first-order chi connectivity index (χ1) is 9.10. The zero-order chi connectivity index (χ0) is 13.8. The molecule has 3 heteroatoms. The summed E-state index contributed by atoms with van der Waals surface area (Å²) in [4.78, 5) is 0. The lowest BCUT2D eigenvalue weighted by molar-refractivity contribution is 0.173. The molecule has 0 amide bonds. The molecule has 0 heterocycles. The van der Waals surface area contributed by atoms with E-state index in [2.05, 4.69) is 0 Å². The summed E-state index contributed by atoms with van der Waals surface area (Å²) in [6.45, 7) is 2.00. The second-order valence-electron chi connectivity index (χ2n) is 4.60. The maximum atomic E-state index is 13.3. The lowest BCUT2D eigenvalue weighted by Gasteiger charge is -2.15. The zero-order valence-electron chi connectivity index (χ0n) is 11.1. The maximum Gasteiger partial charge on any atom is 0.124 e. The van der Waals surface area contributed by atoms with Crippen molar-refractivity contribution in [3.63, 3.8) is 0 Å². The molecular weight excluding hydrogens is 243 g/mol. The average Bonchev–Trinajstić information content (AvgIpc) is 2.38. The Bertz CT molecular complexity index is 566. The molecule has 100 valence electrons. The highest BCUT2D eigenvalue weighted by Gasteiger charge is 2.15. The van der Waals surface area contributed by atoms with E-state index in [0.29, 0.717) is 17.7 Å². The van der Waals surface area contributed by atoms with Crippen LogP contribution in [0.15, 0.2) is 42.5 Å².